The van der Waals surface area contributed by atoms with Crippen molar-refractivity contribution in [3.8, 4) is 6.01 Å². The molecular weight excluding hydrogens is 542 g/mol. The third-order valence-corrected chi connectivity index (χ3v) is 5.57. The lowest BCUT2D eigenvalue weighted by Crippen LogP contribution is -2.49. The van der Waals surface area contributed by atoms with Gasteiger partial charge in [-0.3, -0.25) is 4.79 Å². The molecule has 15 heteroatoms. The van der Waals surface area contributed by atoms with Gasteiger partial charge in [-0.1, -0.05) is 23.7 Å². The van der Waals surface area contributed by atoms with Crippen LogP contribution >= 0.6 is 11.6 Å². The highest BCUT2D eigenvalue weighted by Gasteiger charge is 2.31. The Morgan fingerprint density at radius 3 is 2.32 bits per heavy atom. The van der Waals surface area contributed by atoms with Crippen molar-refractivity contribution in [1.82, 2.24) is 19.9 Å². The molecule has 2 heterocycles. The Balaban J connectivity index is 1.53. The molecule has 0 radical (unpaired) electrons. The maximum atomic E-state index is 13.1. The number of rotatable bonds is 6. The molecule has 0 unspecified atom stereocenters. The molecule has 1 amide bonds. The van der Waals surface area contributed by atoms with E-state index in [1.165, 1.54) is 12.1 Å². The highest BCUT2D eigenvalue weighted by molar-refractivity contribution is 6.30. The number of nitrogens with one attached hydrogen (secondary N) is 1. The van der Waals surface area contributed by atoms with Crippen LogP contribution in [0.2, 0.25) is 5.02 Å². The van der Waals surface area contributed by atoms with E-state index in [-0.39, 0.29) is 49.7 Å². The molecule has 1 aromatic heterocycles. The van der Waals surface area contributed by atoms with Crippen LogP contribution in [0.3, 0.4) is 0 Å². The van der Waals surface area contributed by atoms with E-state index in [4.69, 9.17) is 11.6 Å². The van der Waals surface area contributed by atoms with E-state index in [1.54, 1.807) is 28.0 Å². The van der Waals surface area contributed by atoms with Crippen molar-refractivity contribution in [2.24, 2.45) is 0 Å². The first-order valence-electron chi connectivity index (χ1n) is 11.1. The van der Waals surface area contributed by atoms with Gasteiger partial charge in [0.15, 0.2) is 6.61 Å². The van der Waals surface area contributed by atoms with Gasteiger partial charge in [0.1, 0.15) is 0 Å². The lowest BCUT2D eigenvalue weighted by molar-refractivity contribution is -0.154. The highest BCUT2D eigenvalue weighted by atomic mass is 35.5. The molecule has 3 aromatic rings. The fraction of sp³-hybridized carbons (Fsp3) is 0.304. The molecule has 1 fully saturated rings. The summed E-state index contributed by atoms with van der Waals surface area (Å²) in [6.07, 6.45) is -9.28. The molecule has 8 nitrogen and oxygen atoms in total. The highest BCUT2D eigenvalue weighted by Crippen LogP contribution is 2.31. The Kier molecular flexibility index (Phi) is 7.81. The van der Waals surface area contributed by atoms with E-state index in [2.05, 4.69) is 25.0 Å². The number of nitrogens with zero attached hydrogens (tertiary/aromatic N) is 5. The summed E-state index contributed by atoms with van der Waals surface area (Å²) >= 11 is 5.96. The van der Waals surface area contributed by atoms with Crippen molar-refractivity contribution in [2.75, 3.05) is 43.0 Å². The summed E-state index contributed by atoms with van der Waals surface area (Å²) in [6, 6.07) is 9.93. The molecule has 0 bridgehead atoms. The molecule has 0 spiro atoms. The normalized spacial score (nSPS) is 14.4. The number of hydrogen-bond donors (Lipinski definition) is 1. The van der Waals surface area contributed by atoms with Gasteiger partial charge in [0, 0.05) is 42.5 Å². The number of halogens is 7. The van der Waals surface area contributed by atoms with Crippen LogP contribution in [0.25, 0.3) is 0 Å². The lowest BCUT2D eigenvalue weighted by Gasteiger charge is -2.34. The number of anilines is 3. The summed E-state index contributed by atoms with van der Waals surface area (Å²) in [5.74, 6) is -0.630. The molecular formula is C23H19ClF6N6O2. The van der Waals surface area contributed by atoms with Crippen molar-refractivity contribution >= 4 is 35.1 Å². The first kappa shape index (κ1) is 27.2. The minimum atomic E-state index is -4.67. The van der Waals surface area contributed by atoms with Gasteiger partial charge in [0.25, 0.3) is 5.91 Å². The van der Waals surface area contributed by atoms with Crippen LogP contribution < -0.4 is 15.0 Å². The van der Waals surface area contributed by atoms with Crippen molar-refractivity contribution in [3.05, 3.63) is 64.7 Å². The molecule has 1 aliphatic heterocycles. The zero-order valence-corrected chi connectivity index (χ0v) is 20.1. The van der Waals surface area contributed by atoms with Gasteiger partial charge in [-0.2, -0.15) is 41.3 Å². The summed E-state index contributed by atoms with van der Waals surface area (Å²) in [5.41, 5.74) is -0.581. The average molecular weight is 561 g/mol. The topological polar surface area (TPSA) is 83.5 Å². The van der Waals surface area contributed by atoms with Gasteiger partial charge in [0.05, 0.1) is 5.56 Å². The molecule has 4 rings (SSSR count). The van der Waals surface area contributed by atoms with Crippen molar-refractivity contribution < 1.29 is 35.9 Å². The number of benzene rings is 2. The largest absolute Gasteiger partial charge is 0.454 e. The smallest absolute Gasteiger partial charge is 0.422 e. The van der Waals surface area contributed by atoms with Crippen LogP contribution in [0.5, 0.6) is 6.01 Å². The first-order chi connectivity index (χ1) is 17.9. The van der Waals surface area contributed by atoms with Crippen LogP contribution in [0.1, 0.15) is 15.9 Å². The molecule has 2 aromatic carbocycles. The summed E-state index contributed by atoms with van der Waals surface area (Å²) in [5, 5.41) is 2.97. The SMILES string of the molecule is O=C(c1cccc(Cl)c1)N1CCN(c2nc(Nc3cccc(C(F)(F)F)c3)nc(OCC(F)(F)F)n2)CC1. The Labute approximate surface area is 217 Å². The zero-order valence-electron chi connectivity index (χ0n) is 19.4. The summed E-state index contributed by atoms with van der Waals surface area (Å²) in [4.78, 5) is 27.8. The Morgan fingerprint density at radius 1 is 0.947 bits per heavy atom. The predicted octanol–water partition coefficient (Wildman–Crippen LogP) is 5.19. The average Bonchev–Trinajstić information content (AvgIpc) is 2.86. The quantitative estimate of drug-likeness (QED) is 0.415. The van der Waals surface area contributed by atoms with Crippen molar-refractivity contribution in [3.63, 3.8) is 0 Å². The van der Waals surface area contributed by atoms with E-state index in [0.29, 0.717) is 10.6 Å². The molecule has 0 atom stereocenters. The Hall–Kier alpha value is -3.81. The molecule has 0 aliphatic carbocycles. The molecule has 1 saturated heterocycles. The van der Waals surface area contributed by atoms with Crippen molar-refractivity contribution in [2.45, 2.75) is 12.4 Å². The summed E-state index contributed by atoms with van der Waals surface area (Å²) in [6.45, 7) is -0.754. The number of piperazine rings is 1. The fourth-order valence-electron chi connectivity index (χ4n) is 3.57. The van der Waals surface area contributed by atoms with Gasteiger partial charge in [0.2, 0.25) is 11.9 Å². The number of amides is 1. The predicted molar refractivity (Wildman–Crippen MR) is 126 cm³/mol. The van der Waals surface area contributed by atoms with Gasteiger partial charge >= 0.3 is 18.4 Å². The van der Waals surface area contributed by atoms with E-state index in [0.717, 1.165) is 18.2 Å². The molecule has 38 heavy (non-hydrogen) atoms. The number of alkyl halides is 6. The minimum Gasteiger partial charge on any atom is -0.454 e. The van der Waals surface area contributed by atoms with E-state index in [1.807, 2.05) is 0 Å². The van der Waals surface area contributed by atoms with Crippen molar-refractivity contribution in [1.29, 1.82) is 0 Å². The van der Waals surface area contributed by atoms with E-state index >= 15 is 0 Å². The molecule has 0 saturated carbocycles. The van der Waals surface area contributed by atoms with Crippen LogP contribution in [-0.4, -0.2) is 64.7 Å². The third-order valence-electron chi connectivity index (χ3n) is 5.34. The van der Waals surface area contributed by atoms with Gasteiger partial charge in [-0.15, -0.1) is 0 Å². The van der Waals surface area contributed by atoms with Gasteiger partial charge in [-0.05, 0) is 36.4 Å². The second-order valence-corrected chi connectivity index (χ2v) is 8.58. The lowest BCUT2D eigenvalue weighted by atomic mass is 10.2. The Morgan fingerprint density at radius 2 is 1.66 bits per heavy atom. The third kappa shape index (κ3) is 7.15. The maximum Gasteiger partial charge on any atom is 0.422 e. The van der Waals surface area contributed by atoms with E-state index in [9.17, 15) is 31.1 Å². The van der Waals surface area contributed by atoms with Gasteiger partial charge < -0.3 is 19.9 Å². The number of carbonyl (C=O) groups excluding carboxylic acids is 1. The van der Waals surface area contributed by atoms with E-state index < -0.39 is 30.5 Å². The number of aromatic nitrogens is 3. The maximum absolute atomic E-state index is 13.1. The zero-order chi connectivity index (χ0) is 27.5. The standard InChI is InChI=1S/C23H19ClF6N6O2/c24-16-5-1-3-14(11-16)18(37)35-7-9-36(10-8-35)20-32-19(33-21(34-20)38-13-22(25,26)27)31-17-6-2-4-15(12-17)23(28,29)30/h1-6,11-12H,7-10,13H2,(H,31,32,33,34). The number of carbonyl (C=O) groups is 1. The number of hydrogen-bond acceptors (Lipinski definition) is 7. The first-order valence-corrected chi connectivity index (χ1v) is 11.4. The van der Waals surface area contributed by atoms with Crippen LogP contribution in [0.15, 0.2) is 48.5 Å². The van der Waals surface area contributed by atoms with Crippen LogP contribution in [0.4, 0.5) is 43.9 Å². The molecule has 202 valence electrons. The van der Waals surface area contributed by atoms with Crippen LogP contribution in [-0.2, 0) is 6.18 Å². The fourth-order valence-corrected chi connectivity index (χ4v) is 3.76. The summed E-state index contributed by atoms with van der Waals surface area (Å²) < 4.78 is 82.0. The Bertz CT molecular complexity index is 1300. The summed E-state index contributed by atoms with van der Waals surface area (Å²) in [7, 11) is 0. The molecule has 1 N–H and O–H groups in total. The molecule has 1 aliphatic rings. The van der Waals surface area contributed by atoms with Crippen LogP contribution in [0, 0.1) is 0 Å². The minimum absolute atomic E-state index is 0.0457. The second kappa shape index (κ2) is 10.9. The van der Waals surface area contributed by atoms with Gasteiger partial charge in [-0.25, -0.2) is 0 Å². The monoisotopic (exact) mass is 560 g/mol. The number of ether oxygens (including phenoxy) is 1. The second-order valence-electron chi connectivity index (χ2n) is 8.14.